The van der Waals surface area contributed by atoms with Gasteiger partial charge in [-0.25, -0.2) is 0 Å². The standard InChI is InChI=1S/C5H5N3O3/c9-8(10)5-4(3-1-2-3)6-11-7-5/h3H,1-2H2. The highest BCUT2D eigenvalue weighted by atomic mass is 16.6. The molecule has 6 nitrogen and oxygen atoms in total. The Morgan fingerprint density at radius 3 is 2.82 bits per heavy atom. The van der Waals surface area contributed by atoms with Crippen molar-refractivity contribution in [3.63, 3.8) is 0 Å². The molecule has 0 spiro atoms. The molecule has 0 N–H and O–H groups in total. The van der Waals surface area contributed by atoms with Crippen molar-refractivity contribution in [2.75, 3.05) is 0 Å². The van der Waals surface area contributed by atoms with Crippen LogP contribution in [0.15, 0.2) is 4.63 Å². The Bertz CT molecular complexity index is 291. The van der Waals surface area contributed by atoms with E-state index in [1.165, 1.54) is 0 Å². The van der Waals surface area contributed by atoms with Gasteiger partial charge in [0.25, 0.3) is 0 Å². The molecule has 1 aliphatic carbocycles. The van der Waals surface area contributed by atoms with E-state index in [0.717, 1.165) is 12.8 Å². The maximum Gasteiger partial charge on any atom is 0.438 e. The normalized spacial score (nSPS) is 16.7. The molecule has 6 heteroatoms. The topological polar surface area (TPSA) is 82.1 Å². The minimum atomic E-state index is -0.565. The first kappa shape index (κ1) is 6.26. The van der Waals surface area contributed by atoms with Gasteiger partial charge in [0.1, 0.15) is 0 Å². The number of hydrogen-bond donors (Lipinski definition) is 0. The summed E-state index contributed by atoms with van der Waals surface area (Å²) in [5.41, 5.74) is 0.398. The lowest BCUT2D eigenvalue weighted by molar-refractivity contribution is -0.391. The van der Waals surface area contributed by atoms with Crippen molar-refractivity contribution in [2.24, 2.45) is 0 Å². The van der Waals surface area contributed by atoms with Crippen LogP contribution in [0.5, 0.6) is 0 Å². The molecule has 0 aliphatic heterocycles. The number of hydrogen-bond acceptors (Lipinski definition) is 5. The highest BCUT2D eigenvalue weighted by molar-refractivity contribution is 5.29. The zero-order chi connectivity index (χ0) is 7.84. The molecule has 0 aromatic carbocycles. The van der Waals surface area contributed by atoms with Gasteiger partial charge in [0.2, 0.25) is 0 Å². The van der Waals surface area contributed by atoms with Gasteiger partial charge < -0.3 is 10.1 Å². The smallest absolute Gasteiger partial charge is 0.358 e. The molecule has 2 rings (SSSR count). The Hall–Kier alpha value is -1.46. The summed E-state index contributed by atoms with van der Waals surface area (Å²) in [6.45, 7) is 0. The lowest BCUT2D eigenvalue weighted by Gasteiger charge is -1.86. The highest BCUT2D eigenvalue weighted by Gasteiger charge is 2.36. The van der Waals surface area contributed by atoms with Gasteiger partial charge >= 0.3 is 5.82 Å². The van der Waals surface area contributed by atoms with Crippen molar-refractivity contribution < 1.29 is 9.55 Å². The quantitative estimate of drug-likeness (QED) is 0.467. The minimum Gasteiger partial charge on any atom is -0.358 e. The van der Waals surface area contributed by atoms with Gasteiger partial charge in [-0.05, 0) is 22.9 Å². The zero-order valence-electron chi connectivity index (χ0n) is 5.56. The van der Waals surface area contributed by atoms with Crippen LogP contribution in [0.3, 0.4) is 0 Å². The monoisotopic (exact) mass is 155 g/mol. The Morgan fingerprint density at radius 1 is 1.55 bits per heavy atom. The fraction of sp³-hybridized carbons (Fsp3) is 0.600. The Balaban J connectivity index is 2.37. The van der Waals surface area contributed by atoms with Crippen LogP contribution in [0.4, 0.5) is 5.82 Å². The lowest BCUT2D eigenvalue weighted by Crippen LogP contribution is -1.92. The molecule has 1 aliphatic rings. The van der Waals surface area contributed by atoms with Crippen molar-refractivity contribution in [2.45, 2.75) is 18.8 Å². The maximum absolute atomic E-state index is 10.3. The second-order valence-corrected chi connectivity index (χ2v) is 2.50. The van der Waals surface area contributed by atoms with Crippen LogP contribution in [-0.2, 0) is 0 Å². The largest absolute Gasteiger partial charge is 0.438 e. The molecule has 11 heavy (non-hydrogen) atoms. The molecule has 1 fully saturated rings. The predicted molar refractivity (Wildman–Crippen MR) is 32.9 cm³/mol. The summed E-state index contributed by atoms with van der Waals surface area (Å²) >= 11 is 0. The van der Waals surface area contributed by atoms with Gasteiger partial charge in [-0.1, -0.05) is 0 Å². The molecule has 0 radical (unpaired) electrons. The Kier molecular flexibility index (Phi) is 1.14. The number of aromatic nitrogens is 2. The number of nitrogens with zero attached hydrogens (tertiary/aromatic N) is 3. The van der Waals surface area contributed by atoms with Crippen LogP contribution in [0.1, 0.15) is 24.5 Å². The molecule has 0 unspecified atom stereocenters. The molecule has 1 aromatic rings. The maximum atomic E-state index is 10.3. The first-order valence-electron chi connectivity index (χ1n) is 3.26. The summed E-state index contributed by atoms with van der Waals surface area (Å²) in [5, 5.41) is 16.9. The molecule has 1 aromatic heterocycles. The first-order valence-corrected chi connectivity index (χ1v) is 3.26. The van der Waals surface area contributed by atoms with Gasteiger partial charge in [0.05, 0.1) is 0 Å². The molecule has 0 bridgehead atoms. The summed E-state index contributed by atoms with van der Waals surface area (Å²) < 4.78 is 4.27. The minimum absolute atomic E-state index is 0.210. The van der Waals surface area contributed by atoms with Gasteiger partial charge in [-0.15, -0.1) is 4.63 Å². The van der Waals surface area contributed by atoms with E-state index in [1.54, 1.807) is 0 Å². The summed E-state index contributed by atoms with van der Waals surface area (Å²) in [4.78, 5) is 9.69. The average molecular weight is 155 g/mol. The lowest BCUT2D eigenvalue weighted by atomic mass is 10.3. The van der Waals surface area contributed by atoms with Crippen LogP contribution >= 0.6 is 0 Å². The van der Waals surface area contributed by atoms with Crippen molar-refractivity contribution >= 4 is 5.82 Å². The van der Waals surface area contributed by atoms with Crippen molar-refractivity contribution in [1.29, 1.82) is 0 Å². The fourth-order valence-electron chi connectivity index (χ4n) is 0.931. The summed E-state index contributed by atoms with van der Waals surface area (Å²) in [6, 6.07) is 0. The van der Waals surface area contributed by atoms with E-state index >= 15 is 0 Å². The van der Waals surface area contributed by atoms with Gasteiger partial charge in [0, 0.05) is 5.92 Å². The van der Waals surface area contributed by atoms with Crippen LogP contribution < -0.4 is 0 Å². The summed E-state index contributed by atoms with van der Waals surface area (Å²) in [6.07, 6.45) is 1.91. The van der Waals surface area contributed by atoms with Crippen LogP contribution in [0.25, 0.3) is 0 Å². The molecule has 0 atom stereocenters. The van der Waals surface area contributed by atoms with E-state index in [-0.39, 0.29) is 11.7 Å². The van der Waals surface area contributed by atoms with E-state index < -0.39 is 4.92 Å². The molecule has 58 valence electrons. The van der Waals surface area contributed by atoms with Gasteiger partial charge in [-0.2, -0.15) is 0 Å². The van der Waals surface area contributed by atoms with E-state index in [0.29, 0.717) is 5.69 Å². The van der Waals surface area contributed by atoms with E-state index in [1.807, 2.05) is 0 Å². The summed E-state index contributed by atoms with van der Waals surface area (Å²) in [7, 11) is 0. The van der Waals surface area contributed by atoms with Gasteiger partial charge in [0.15, 0.2) is 10.9 Å². The van der Waals surface area contributed by atoms with Crippen molar-refractivity contribution in [3.8, 4) is 0 Å². The van der Waals surface area contributed by atoms with Crippen molar-refractivity contribution in [3.05, 3.63) is 15.8 Å². The predicted octanol–water partition coefficient (Wildman–Crippen LogP) is 0.855. The van der Waals surface area contributed by atoms with Crippen LogP contribution in [0, 0.1) is 10.1 Å². The Labute approximate surface area is 61.3 Å². The SMILES string of the molecule is O=[N+]([O-])c1nonc1C1CC1. The highest BCUT2D eigenvalue weighted by Crippen LogP contribution is 2.42. The molecule has 1 saturated carbocycles. The second-order valence-electron chi connectivity index (χ2n) is 2.50. The average Bonchev–Trinajstić information content (AvgIpc) is 2.68. The first-order chi connectivity index (χ1) is 5.29. The molecule has 0 amide bonds. The number of nitro groups is 1. The Morgan fingerprint density at radius 2 is 2.27 bits per heavy atom. The van der Waals surface area contributed by atoms with Crippen LogP contribution in [-0.4, -0.2) is 15.2 Å². The third-order valence-electron chi connectivity index (χ3n) is 1.63. The zero-order valence-corrected chi connectivity index (χ0v) is 5.56. The van der Waals surface area contributed by atoms with Crippen LogP contribution in [0.2, 0.25) is 0 Å². The van der Waals surface area contributed by atoms with E-state index in [2.05, 4.69) is 14.9 Å². The van der Waals surface area contributed by atoms with E-state index in [4.69, 9.17) is 0 Å². The molecular formula is C5H5N3O3. The molecule has 0 saturated heterocycles. The van der Waals surface area contributed by atoms with E-state index in [9.17, 15) is 10.1 Å². The number of rotatable bonds is 2. The summed E-state index contributed by atoms with van der Waals surface area (Å²) in [5.74, 6) is -0.0193. The molecular weight excluding hydrogens is 150 g/mol. The third kappa shape index (κ3) is 0.957. The van der Waals surface area contributed by atoms with Crippen molar-refractivity contribution in [1.82, 2.24) is 10.3 Å². The van der Waals surface area contributed by atoms with Gasteiger partial charge in [-0.3, -0.25) is 0 Å². The third-order valence-corrected chi connectivity index (χ3v) is 1.63. The molecule has 1 heterocycles. The second kappa shape index (κ2) is 2.01. The fourth-order valence-corrected chi connectivity index (χ4v) is 0.931.